The molecule has 0 aliphatic rings. The average molecular weight is 308 g/mol. The largest absolute Gasteiger partial charge is 0.444 e. The summed E-state index contributed by atoms with van der Waals surface area (Å²) in [5.41, 5.74) is 0.00844. The quantitative estimate of drug-likeness (QED) is 0.752. The van der Waals surface area contributed by atoms with Crippen LogP contribution in [-0.4, -0.2) is 35.4 Å². The van der Waals surface area contributed by atoms with Crippen LogP contribution in [0.4, 0.5) is 10.5 Å². The van der Waals surface area contributed by atoms with Crippen LogP contribution >= 0.6 is 0 Å². The fourth-order valence-electron chi connectivity index (χ4n) is 1.76. The van der Waals surface area contributed by atoms with Gasteiger partial charge in [-0.05, 0) is 45.7 Å². The van der Waals surface area contributed by atoms with E-state index >= 15 is 0 Å². The van der Waals surface area contributed by atoms with Crippen LogP contribution < -0.4 is 10.6 Å². The van der Waals surface area contributed by atoms with Crippen LogP contribution in [0.5, 0.6) is 0 Å². The summed E-state index contributed by atoms with van der Waals surface area (Å²) < 4.78 is 5.16. The summed E-state index contributed by atoms with van der Waals surface area (Å²) in [6, 6.07) is 8.21. The first-order valence-corrected chi connectivity index (χ1v) is 7.28. The zero-order chi connectivity index (χ0) is 16.6. The fraction of sp³-hybridized carbons (Fsp3) is 0.500. The van der Waals surface area contributed by atoms with Gasteiger partial charge in [-0.1, -0.05) is 18.2 Å². The van der Waals surface area contributed by atoms with Gasteiger partial charge in [-0.3, -0.25) is 4.79 Å². The number of nitrogens with one attached hydrogen (secondary N) is 2. The van der Waals surface area contributed by atoms with Crippen molar-refractivity contribution in [3.63, 3.8) is 0 Å². The van der Waals surface area contributed by atoms with E-state index in [1.54, 1.807) is 45.0 Å². The molecule has 0 bridgehead atoms. The van der Waals surface area contributed by atoms with Crippen molar-refractivity contribution in [3.8, 4) is 0 Å². The maximum absolute atomic E-state index is 12.3. The number of aliphatic hydroxyl groups is 1. The molecule has 1 aromatic rings. The molecule has 6 nitrogen and oxygen atoms in total. The van der Waals surface area contributed by atoms with Crippen LogP contribution in [0.15, 0.2) is 30.3 Å². The minimum atomic E-state index is -0.762. The molecule has 22 heavy (non-hydrogen) atoms. The van der Waals surface area contributed by atoms with Gasteiger partial charge in [0.05, 0.1) is 0 Å². The first kappa shape index (κ1) is 18.0. The fourth-order valence-corrected chi connectivity index (χ4v) is 1.76. The molecule has 1 atom stereocenters. The van der Waals surface area contributed by atoms with Crippen molar-refractivity contribution < 1.29 is 19.4 Å². The molecule has 0 fully saturated rings. The number of carbonyl (C=O) groups is 2. The van der Waals surface area contributed by atoms with Gasteiger partial charge in [0, 0.05) is 12.3 Å². The summed E-state index contributed by atoms with van der Waals surface area (Å²) >= 11 is 0. The van der Waals surface area contributed by atoms with Gasteiger partial charge < -0.3 is 20.5 Å². The molecule has 1 rings (SSSR count). The number of hydrogen-bond donors (Lipinski definition) is 3. The lowest BCUT2D eigenvalue weighted by molar-refractivity contribution is -0.118. The molecule has 0 aliphatic carbocycles. The number of amides is 2. The highest BCUT2D eigenvalue weighted by molar-refractivity contribution is 5.96. The monoisotopic (exact) mass is 308 g/mol. The number of rotatable bonds is 6. The van der Waals surface area contributed by atoms with Crippen molar-refractivity contribution in [3.05, 3.63) is 30.3 Å². The second-order valence-electron chi connectivity index (χ2n) is 5.92. The molecule has 0 saturated carbocycles. The molecule has 3 N–H and O–H groups in total. The number of alkyl carbamates (subject to hydrolysis) is 1. The van der Waals surface area contributed by atoms with Gasteiger partial charge >= 0.3 is 6.09 Å². The highest BCUT2D eigenvalue weighted by Crippen LogP contribution is 2.10. The molecule has 6 heteroatoms. The summed E-state index contributed by atoms with van der Waals surface area (Å²) in [5.74, 6) is -0.342. The summed E-state index contributed by atoms with van der Waals surface area (Å²) in [5, 5.41) is 14.2. The van der Waals surface area contributed by atoms with Crippen LogP contribution in [0, 0.1) is 0 Å². The van der Waals surface area contributed by atoms with E-state index in [-0.39, 0.29) is 12.5 Å². The van der Waals surface area contributed by atoms with Crippen LogP contribution in [0.3, 0.4) is 0 Å². The van der Waals surface area contributed by atoms with Crippen molar-refractivity contribution >= 4 is 17.7 Å². The highest BCUT2D eigenvalue weighted by atomic mass is 16.6. The summed E-state index contributed by atoms with van der Waals surface area (Å²) in [7, 11) is 0. The standard InChI is InChI=1S/C16H24N2O4/c1-16(2,3)22-15(21)18-13(10-7-11-19)14(20)17-12-8-5-4-6-9-12/h4-6,8-9,13,19H,7,10-11H2,1-3H3,(H,17,20)(H,18,21). The molecule has 1 unspecified atom stereocenters. The minimum absolute atomic E-state index is 0.0505. The Kier molecular flexibility index (Phi) is 6.85. The molecule has 2 amide bonds. The maximum Gasteiger partial charge on any atom is 0.408 e. The number of carbonyl (C=O) groups excluding carboxylic acids is 2. The maximum atomic E-state index is 12.3. The Balaban J connectivity index is 2.66. The van der Waals surface area contributed by atoms with E-state index in [0.717, 1.165) is 0 Å². The zero-order valence-corrected chi connectivity index (χ0v) is 13.3. The first-order valence-electron chi connectivity index (χ1n) is 7.28. The lowest BCUT2D eigenvalue weighted by Crippen LogP contribution is -2.45. The van der Waals surface area contributed by atoms with Gasteiger partial charge in [0.1, 0.15) is 11.6 Å². The topological polar surface area (TPSA) is 87.7 Å². The highest BCUT2D eigenvalue weighted by Gasteiger charge is 2.24. The minimum Gasteiger partial charge on any atom is -0.444 e. The summed E-state index contributed by atoms with van der Waals surface area (Å²) in [4.78, 5) is 24.1. The van der Waals surface area contributed by atoms with Crippen molar-refractivity contribution in [2.24, 2.45) is 0 Å². The lowest BCUT2D eigenvalue weighted by Gasteiger charge is -2.23. The second-order valence-corrected chi connectivity index (χ2v) is 5.92. The molecule has 122 valence electrons. The van der Waals surface area contributed by atoms with Gasteiger partial charge in [0.2, 0.25) is 5.91 Å². The third-order valence-electron chi connectivity index (χ3n) is 2.70. The number of hydrogen-bond acceptors (Lipinski definition) is 4. The molecular weight excluding hydrogens is 284 g/mol. The third kappa shape index (κ3) is 7.08. The van der Waals surface area contributed by atoms with E-state index < -0.39 is 17.7 Å². The normalized spacial score (nSPS) is 12.4. The molecule has 1 aromatic carbocycles. The van der Waals surface area contributed by atoms with Crippen LogP contribution in [0.2, 0.25) is 0 Å². The Bertz CT molecular complexity index is 483. The summed E-state index contributed by atoms with van der Waals surface area (Å²) in [6.45, 7) is 5.20. The second kappa shape index (κ2) is 8.38. The Morgan fingerprint density at radius 3 is 2.41 bits per heavy atom. The number of anilines is 1. The Morgan fingerprint density at radius 2 is 1.86 bits per heavy atom. The van der Waals surface area contributed by atoms with Crippen molar-refractivity contribution in [1.82, 2.24) is 5.32 Å². The van der Waals surface area contributed by atoms with Crippen LogP contribution in [0.1, 0.15) is 33.6 Å². The van der Waals surface area contributed by atoms with Gasteiger partial charge in [-0.2, -0.15) is 0 Å². The van der Waals surface area contributed by atoms with E-state index in [1.165, 1.54) is 0 Å². The predicted molar refractivity (Wildman–Crippen MR) is 84.5 cm³/mol. The van der Waals surface area contributed by atoms with Gasteiger partial charge in [-0.15, -0.1) is 0 Å². The van der Waals surface area contributed by atoms with Crippen molar-refractivity contribution in [1.29, 1.82) is 0 Å². The molecule has 0 saturated heterocycles. The predicted octanol–water partition coefficient (Wildman–Crippen LogP) is 2.29. The SMILES string of the molecule is CC(C)(C)OC(=O)NC(CCCO)C(=O)Nc1ccccc1. The molecule has 0 heterocycles. The van der Waals surface area contributed by atoms with E-state index in [2.05, 4.69) is 10.6 Å². The first-order chi connectivity index (χ1) is 10.3. The van der Waals surface area contributed by atoms with E-state index in [0.29, 0.717) is 18.5 Å². The molecule has 0 spiro atoms. The van der Waals surface area contributed by atoms with Crippen LogP contribution in [0.25, 0.3) is 0 Å². The summed E-state index contributed by atoms with van der Waals surface area (Å²) in [6.07, 6.45) is 0.0792. The van der Waals surface area contributed by atoms with Crippen molar-refractivity contribution in [2.45, 2.75) is 45.3 Å². The van der Waals surface area contributed by atoms with Gasteiger partial charge in [0.25, 0.3) is 0 Å². The molecule has 0 aliphatic heterocycles. The Labute approximate surface area is 130 Å². The zero-order valence-electron chi connectivity index (χ0n) is 13.3. The van der Waals surface area contributed by atoms with Gasteiger partial charge in [0.15, 0.2) is 0 Å². The Hall–Kier alpha value is -2.08. The lowest BCUT2D eigenvalue weighted by atomic mass is 10.1. The van der Waals surface area contributed by atoms with E-state index in [4.69, 9.17) is 9.84 Å². The number of ether oxygens (including phenoxy) is 1. The number of aliphatic hydroxyl groups excluding tert-OH is 1. The average Bonchev–Trinajstić information content (AvgIpc) is 2.42. The molecule has 0 aromatic heterocycles. The van der Waals surface area contributed by atoms with E-state index in [1.807, 2.05) is 6.07 Å². The molecule has 0 radical (unpaired) electrons. The Morgan fingerprint density at radius 1 is 1.23 bits per heavy atom. The third-order valence-corrected chi connectivity index (χ3v) is 2.70. The van der Waals surface area contributed by atoms with Gasteiger partial charge in [-0.25, -0.2) is 4.79 Å². The number of para-hydroxylation sites is 1. The van der Waals surface area contributed by atoms with Crippen molar-refractivity contribution in [2.75, 3.05) is 11.9 Å². The smallest absolute Gasteiger partial charge is 0.408 e. The van der Waals surface area contributed by atoms with Crippen LogP contribution in [-0.2, 0) is 9.53 Å². The molecular formula is C16H24N2O4. The van der Waals surface area contributed by atoms with E-state index in [9.17, 15) is 9.59 Å². The number of benzene rings is 1.